The Labute approximate surface area is 361 Å². The van der Waals surface area contributed by atoms with E-state index in [1.54, 1.807) is 36.4 Å². The van der Waals surface area contributed by atoms with E-state index in [1.807, 2.05) is 110 Å². The molecule has 4 aromatic carbocycles. The van der Waals surface area contributed by atoms with Crippen LogP contribution in [0.2, 0.25) is 0 Å². The number of ether oxygens (including phenoxy) is 2. The van der Waals surface area contributed by atoms with Gasteiger partial charge in [-0.3, -0.25) is 19.3 Å². The smallest absolute Gasteiger partial charge is 0.355 e. The molecule has 3 atom stereocenters. The number of aromatic nitrogens is 2. The second-order valence-corrected chi connectivity index (χ2v) is 16.2. The third kappa shape index (κ3) is 8.65. The van der Waals surface area contributed by atoms with Gasteiger partial charge in [-0.15, -0.1) is 11.8 Å². The van der Waals surface area contributed by atoms with Crippen LogP contribution < -0.4 is 15.4 Å². The van der Waals surface area contributed by atoms with Crippen molar-refractivity contribution in [2.45, 2.75) is 36.1 Å². The van der Waals surface area contributed by atoms with Crippen LogP contribution in [0.1, 0.15) is 34.5 Å². The highest BCUT2D eigenvalue weighted by Gasteiger charge is 2.54. The zero-order valence-electron chi connectivity index (χ0n) is 33.6. The molecule has 8 rings (SSSR count). The van der Waals surface area contributed by atoms with Gasteiger partial charge in [0.05, 0.1) is 13.2 Å². The van der Waals surface area contributed by atoms with Crippen molar-refractivity contribution in [2.24, 2.45) is 5.16 Å². The molecule has 5 aromatic rings. The van der Waals surface area contributed by atoms with Crippen LogP contribution in [0.5, 0.6) is 5.75 Å². The van der Waals surface area contributed by atoms with Crippen LogP contribution in [-0.2, 0) is 40.9 Å². The maximum Gasteiger partial charge on any atom is 0.355 e. The second-order valence-electron chi connectivity index (χ2n) is 14.3. The highest BCUT2D eigenvalue weighted by Crippen LogP contribution is 2.42. The van der Waals surface area contributed by atoms with E-state index >= 15 is 0 Å². The Bertz CT molecular complexity index is 2350. The van der Waals surface area contributed by atoms with Gasteiger partial charge in [-0.25, -0.2) is 4.79 Å². The summed E-state index contributed by atoms with van der Waals surface area (Å²) in [6.07, 6.45) is 4.33. The number of nitrogens with one attached hydrogen (secondary N) is 2. The number of benzene rings is 4. The zero-order valence-corrected chi connectivity index (χ0v) is 35.2. The molecule has 16 heteroatoms. The molecule has 2 N–H and O–H groups in total. The van der Waals surface area contributed by atoms with Crippen LogP contribution in [0.4, 0.5) is 5.13 Å². The van der Waals surface area contributed by atoms with Gasteiger partial charge >= 0.3 is 5.97 Å². The lowest BCUT2D eigenvalue weighted by molar-refractivity contribution is -0.153. The summed E-state index contributed by atoms with van der Waals surface area (Å²) in [7, 11) is 4.75. The first kappa shape index (κ1) is 41.4. The molecule has 4 heterocycles. The van der Waals surface area contributed by atoms with Gasteiger partial charge in [0, 0.05) is 30.9 Å². The molecule has 2 saturated heterocycles. The maximum atomic E-state index is 14.0. The van der Waals surface area contributed by atoms with Crippen molar-refractivity contribution in [1.82, 2.24) is 24.6 Å². The Balaban J connectivity index is 1.03. The number of oxime groups is 1. The number of rotatable bonds is 15. The molecule has 61 heavy (non-hydrogen) atoms. The number of methoxy groups -OCH3 is 1. The number of hydrogen-bond acceptors (Lipinski definition) is 14. The average Bonchev–Trinajstić information content (AvgIpc) is 3.96. The summed E-state index contributed by atoms with van der Waals surface area (Å²) in [4.78, 5) is 58.9. The van der Waals surface area contributed by atoms with Crippen LogP contribution in [0.3, 0.4) is 0 Å². The molecule has 0 bridgehead atoms. The van der Waals surface area contributed by atoms with E-state index in [9.17, 15) is 14.4 Å². The first-order valence-corrected chi connectivity index (χ1v) is 21.4. The van der Waals surface area contributed by atoms with E-state index in [-0.39, 0.29) is 29.9 Å². The zero-order chi connectivity index (χ0) is 42.3. The summed E-state index contributed by atoms with van der Waals surface area (Å²) >= 11 is 2.48. The second kappa shape index (κ2) is 18.5. The van der Waals surface area contributed by atoms with E-state index in [0.29, 0.717) is 22.2 Å². The molecule has 312 valence electrons. The Kier molecular flexibility index (Phi) is 12.6. The number of thioether (sulfide) groups is 1. The van der Waals surface area contributed by atoms with Gasteiger partial charge in [-0.1, -0.05) is 120 Å². The number of carbonyl (C=O) groups excluding carboxylic acids is 3. The molecule has 1 aromatic heterocycles. The number of hydrogen-bond donors (Lipinski definition) is 2. The van der Waals surface area contributed by atoms with Gasteiger partial charge in [0.25, 0.3) is 11.8 Å². The quantitative estimate of drug-likeness (QED) is 0.0424. The molecule has 14 nitrogen and oxygen atoms in total. The van der Waals surface area contributed by atoms with E-state index in [2.05, 4.69) is 20.2 Å². The fraction of sp³-hybridized carbons (Fsp3) is 0.244. The Morgan fingerprint density at radius 1 is 0.934 bits per heavy atom. The Morgan fingerprint density at radius 2 is 1.57 bits per heavy atom. The Morgan fingerprint density at radius 3 is 2.15 bits per heavy atom. The number of amides is 2. The third-order valence-corrected chi connectivity index (χ3v) is 12.4. The summed E-state index contributed by atoms with van der Waals surface area (Å²) < 4.78 is 15.5. The molecule has 3 aliphatic rings. The van der Waals surface area contributed by atoms with Gasteiger partial charge in [-0.05, 0) is 46.4 Å². The number of allylic oxidation sites excluding steroid dienone is 1. The van der Waals surface area contributed by atoms with Gasteiger partial charge in [-0.2, -0.15) is 14.4 Å². The number of carbonyl (C=O) groups is 3. The predicted molar refractivity (Wildman–Crippen MR) is 232 cm³/mol. The lowest BCUT2D eigenvalue weighted by Crippen LogP contribution is -2.71. The number of hydroxylamine groups is 2. The van der Waals surface area contributed by atoms with E-state index < -0.39 is 34.7 Å². The van der Waals surface area contributed by atoms with Crippen molar-refractivity contribution in [3.63, 3.8) is 0 Å². The van der Waals surface area contributed by atoms with Crippen molar-refractivity contribution in [3.8, 4) is 5.75 Å². The van der Waals surface area contributed by atoms with E-state index in [1.165, 1.54) is 23.8 Å². The van der Waals surface area contributed by atoms with Gasteiger partial charge < -0.3 is 24.9 Å². The van der Waals surface area contributed by atoms with Crippen molar-refractivity contribution in [2.75, 3.05) is 38.9 Å². The summed E-state index contributed by atoms with van der Waals surface area (Å²) in [6, 6.07) is 36.2. The SMILES string of the molecule is CO/N=C(\C(=O)N[C@@H]1C(=O)N2C(C(=O)OCc3ccc(OC)cc3)=C(/C=C/C3CCN(C)O3)CS[C@H]12)c1nsc(NC(c2ccccc2)(c2ccccc2)c2ccccc2)n1. The third-order valence-electron chi connectivity index (χ3n) is 10.5. The minimum atomic E-state index is -0.987. The summed E-state index contributed by atoms with van der Waals surface area (Å²) in [6.45, 7) is 0.753. The van der Waals surface area contributed by atoms with Gasteiger partial charge in [0.2, 0.25) is 16.7 Å². The molecule has 1 unspecified atom stereocenters. The van der Waals surface area contributed by atoms with Crippen LogP contribution >= 0.6 is 23.3 Å². The minimum absolute atomic E-state index is 0.00440. The monoisotopic (exact) mass is 857 g/mol. The summed E-state index contributed by atoms with van der Waals surface area (Å²) in [5.41, 5.74) is 3.26. The molecule has 2 fully saturated rings. The minimum Gasteiger partial charge on any atom is -0.497 e. The van der Waals surface area contributed by atoms with E-state index in [0.717, 1.165) is 46.8 Å². The van der Waals surface area contributed by atoms with E-state index in [4.69, 9.17) is 24.1 Å². The molecule has 2 amide bonds. The predicted octanol–water partition coefficient (Wildman–Crippen LogP) is 5.89. The van der Waals surface area contributed by atoms with Crippen molar-refractivity contribution in [3.05, 3.63) is 167 Å². The molecule has 0 radical (unpaired) electrons. The number of nitrogens with zero attached hydrogens (tertiary/aromatic N) is 5. The molecule has 0 spiro atoms. The number of fused-ring (bicyclic) bond motifs is 1. The lowest BCUT2D eigenvalue weighted by Gasteiger charge is -2.49. The average molecular weight is 858 g/mol. The van der Waals surface area contributed by atoms with Gasteiger partial charge in [0.15, 0.2) is 0 Å². The number of esters is 1. The number of anilines is 1. The van der Waals surface area contributed by atoms with Crippen molar-refractivity contribution in [1.29, 1.82) is 0 Å². The molecular formula is C45H43N7O7S2. The molecule has 3 aliphatic heterocycles. The summed E-state index contributed by atoms with van der Waals surface area (Å²) in [5, 5.41) is 12.1. The van der Waals surface area contributed by atoms with Crippen LogP contribution in [0.15, 0.2) is 144 Å². The van der Waals surface area contributed by atoms with Crippen LogP contribution in [0, 0.1) is 0 Å². The van der Waals surface area contributed by atoms with Crippen molar-refractivity contribution >= 4 is 51.9 Å². The first-order chi connectivity index (χ1) is 29.8. The molecule has 0 saturated carbocycles. The largest absolute Gasteiger partial charge is 0.497 e. The highest BCUT2D eigenvalue weighted by atomic mass is 32.2. The normalized spacial score (nSPS) is 19.3. The molecular weight excluding hydrogens is 815 g/mol. The standard InChI is InChI=1S/C45H43N7O7S2/c1-51-26-25-35(59-51)24-21-30-28-60-42-37(41(54)52(42)38(30)43(55)58-27-29-19-22-34(56-2)23-20-29)46-40(53)36(49-57-3)39-47-44(61-50-39)48-45(31-13-7-4-8-14-31,32-15-9-5-10-16-32)33-17-11-6-12-18-33/h4-24,35,37,42H,25-28H2,1-3H3,(H,46,53)(H,47,48,50)/b24-21+,49-36-/t35?,37-,42-/m1/s1. The van der Waals surface area contributed by atoms with Crippen LogP contribution in [0.25, 0.3) is 0 Å². The number of β-lactam (4-membered cyclic amide) rings is 1. The van der Waals surface area contributed by atoms with Crippen molar-refractivity contribution < 1.29 is 33.5 Å². The van der Waals surface area contributed by atoms with Crippen LogP contribution in [-0.4, -0.2) is 93.9 Å². The first-order valence-electron chi connectivity index (χ1n) is 19.5. The fourth-order valence-corrected chi connectivity index (χ4v) is 9.44. The van der Waals surface area contributed by atoms with Gasteiger partial charge in [0.1, 0.15) is 42.1 Å². The maximum absolute atomic E-state index is 14.0. The highest BCUT2D eigenvalue weighted by molar-refractivity contribution is 8.00. The fourth-order valence-electron chi connectivity index (χ4n) is 7.50. The summed E-state index contributed by atoms with van der Waals surface area (Å²) in [5.74, 6) is -0.798. The Hall–Kier alpha value is -6.33. The molecule has 0 aliphatic carbocycles. The topological polar surface area (TPSA) is 157 Å². The lowest BCUT2D eigenvalue weighted by atomic mass is 9.77.